The molecule has 0 bridgehead atoms. The Morgan fingerprint density at radius 1 is 0.644 bits per heavy atom. The van der Waals surface area contributed by atoms with Crippen LogP contribution in [0.4, 0.5) is 0 Å². The van der Waals surface area contributed by atoms with Gasteiger partial charge in [-0.2, -0.15) is 0 Å². The van der Waals surface area contributed by atoms with E-state index in [0.29, 0.717) is 0 Å². The predicted octanol–water partition coefficient (Wildman–Crippen LogP) is 9.11. The number of hydrogen-bond acceptors (Lipinski definition) is 4. The van der Waals surface area contributed by atoms with Gasteiger partial charge in [-0.15, -0.1) is 0 Å². The smallest absolute Gasteiger partial charge is 0.178 e. The van der Waals surface area contributed by atoms with Crippen molar-refractivity contribution in [2.45, 2.75) is 18.1 Å². The van der Waals surface area contributed by atoms with Gasteiger partial charge >= 0.3 is 0 Å². The summed E-state index contributed by atoms with van der Waals surface area (Å²) in [4.78, 5) is 0. The number of benzene rings is 6. The molecule has 4 heteroatoms. The fraction of sp³-hybridized carbons (Fsp3) is 0.122. The molecule has 0 amide bonds. The Labute approximate surface area is 262 Å². The lowest BCUT2D eigenvalue weighted by molar-refractivity contribution is 0.105. The third kappa shape index (κ3) is 4.03. The monoisotopic (exact) mass is 588 g/mol. The average molecular weight is 589 g/mol. The Balaban J connectivity index is 1.37. The standard InChI is InChI=1S/C41H32O4/c1-40(42)36-25-27(26-9-5-4-6-10-26)13-22-34(36)37-32-11-7-8-12-33(32)39-35(38(37)40)23-24-41(45-39,28-14-18-30(43-2)19-15-28)29-16-20-31(44-3)21-17-29/h4-25,42H,1-3H3. The number of methoxy groups -OCH3 is 2. The normalized spacial score (nSPS) is 17.2. The maximum absolute atomic E-state index is 12.4. The summed E-state index contributed by atoms with van der Waals surface area (Å²) >= 11 is 0. The molecule has 1 aliphatic carbocycles. The van der Waals surface area contributed by atoms with E-state index in [4.69, 9.17) is 14.2 Å². The largest absolute Gasteiger partial charge is 0.497 e. The van der Waals surface area contributed by atoms with Crippen molar-refractivity contribution in [3.8, 4) is 39.5 Å². The molecule has 1 heterocycles. The van der Waals surface area contributed by atoms with Crippen molar-refractivity contribution < 1.29 is 19.3 Å². The summed E-state index contributed by atoms with van der Waals surface area (Å²) in [7, 11) is 3.34. The maximum Gasteiger partial charge on any atom is 0.178 e. The van der Waals surface area contributed by atoms with Crippen LogP contribution in [0.25, 0.3) is 39.1 Å². The molecule has 1 unspecified atom stereocenters. The van der Waals surface area contributed by atoms with E-state index < -0.39 is 11.2 Å². The van der Waals surface area contributed by atoms with Crippen molar-refractivity contribution in [1.82, 2.24) is 0 Å². The minimum Gasteiger partial charge on any atom is -0.497 e. The molecule has 0 spiro atoms. The first-order valence-corrected chi connectivity index (χ1v) is 15.1. The lowest BCUT2D eigenvalue weighted by Gasteiger charge is -2.38. The van der Waals surface area contributed by atoms with Crippen molar-refractivity contribution in [2.75, 3.05) is 14.2 Å². The van der Waals surface area contributed by atoms with Crippen LogP contribution in [0.1, 0.15) is 34.7 Å². The van der Waals surface area contributed by atoms with Gasteiger partial charge in [-0.25, -0.2) is 0 Å². The van der Waals surface area contributed by atoms with Gasteiger partial charge in [-0.05, 0) is 76.5 Å². The third-order valence-corrected chi connectivity index (χ3v) is 9.40. The van der Waals surface area contributed by atoms with Crippen molar-refractivity contribution in [2.24, 2.45) is 0 Å². The molecule has 1 atom stereocenters. The highest BCUT2D eigenvalue weighted by molar-refractivity contribution is 6.08. The van der Waals surface area contributed by atoms with Gasteiger partial charge in [0.05, 0.1) is 14.2 Å². The van der Waals surface area contributed by atoms with Gasteiger partial charge in [0.25, 0.3) is 0 Å². The molecular formula is C41H32O4. The van der Waals surface area contributed by atoms with Crippen LogP contribution in [0.2, 0.25) is 0 Å². The minimum absolute atomic E-state index is 0.745. The summed E-state index contributed by atoms with van der Waals surface area (Å²) < 4.78 is 18.2. The van der Waals surface area contributed by atoms with Gasteiger partial charge in [0, 0.05) is 27.6 Å². The van der Waals surface area contributed by atoms with E-state index in [9.17, 15) is 5.11 Å². The average Bonchev–Trinajstić information content (AvgIpc) is 3.34. The highest BCUT2D eigenvalue weighted by atomic mass is 16.5. The zero-order valence-electron chi connectivity index (χ0n) is 25.4. The third-order valence-electron chi connectivity index (χ3n) is 9.40. The molecule has 0 saturated heterocycles. The van der Waals surface area contributed by atoms with E-state index in [2.05, 4.69) is 60.7 Å². The number of ether oxygens (including phenoxy) is 3. The highest BCUT2D eigenvalue weighted by Gasteiger charge is 2.45. The van der Waals surface area contributed by atoms with E-state index >= 15 is 0 Å². The molecule has 4 nitrogen and oxygen atoms in total. The van der Waals surface area contributed by atoms with Crippen molar-refractivity contribution in [1.29, 1.82) is 0 Å². The van der Waals surface area contributed by atoms with Crippen molar-refractivity contribution >= 4 is 16.8 Å². The zero-order valence-corrected chi connectivity index (χ0v) is 25.4. The molecule has 2 aliphatic rings. The number of aliphatic hydroxyl groups is 1. The topological polar surface area (TPSA) is 47.9 Å². The van der Waals surface area contributed by atoms with Crippen LogP contribution in [-0.4, -0.2) is 19.3 Å². The number of fused-ring (bicyclic) bond motifs is 8. The van der Waals surface area contributed by atoms with Gasteiger partial charge in [0.1, 0.15) is 22.8 Å². The van der Waals surface area contributed by atoms with Crippen LogP contribution < -0.4 is 14.2 Å². The minimum atomic E-state index is -1.24. The first-order valence-electron chi connectivity index (χ1n) is 15.1. The molecule has 220 valence electrons. The lowest BCUT2D eigenvalue weighted by Crippen LogP contribution is -2.35. The zero-order chi connectivity index (χ0) is 30.8. The summed E-state index contributed by atoms with van der Waals surface area (Å²) in [5.74, 6) is 2.29. The van der Waals surface area contributed by atoms with E-state index in [1.165, 1.54) is 0 Å². The van der Waals surface area contributed by atoms with Gasteiger partial charge in [-0.3, -0.25) is 0 Å². The van der Waals surface area contributed by atoms with Crippen LogP contribution in [0.15, 0.2) is 127 Å². The molecule has 0 fully saturated rings. The summed E-state index contributed by atoms with van der Waals surface area (Å²) in [6.45, 7) is 1.91. The van der Waals surface area contributed by atoms with Gasteiger partial charge < -0.3 is 19.3 Å². The molecule has 0 saturated carbocycles. The van der Waals surface area contributed by atoms with Gasteiger partial charge in [-0.1, -0.05) is 97.1 Å². The van der Waals surface area contributed by atoms with Crippen molar-refractivity contribution in [3.63, 3.8) is 0 Å². The Morgan fingerprint density at radius 2 is 1.24 bits per heavy atom. The molecule has 1 N–H and O–H groups in total. The predicted molar refractivity (Wildman–Crippen MR) is 180 cm³/mol. The molecule has 8 rings (SSSR count). The Morgan fingerprint density at radius 3 is 1.87 bits per heavy atom. The Hall–Kier alpha value is -5.32. The van der Waals surface area contributed by atoms with Crippen LogP contribution in [0, 0.1) is 0 Å². The summed E-state index contributed by atoms with van der Waals surface area (Å²) in [5.41, 5.74) is 6.70. The quantitative estimate of drug-likeness (QED) is 0.218. The molecular weight excluding hydrogens is 556 g/mol. The first-order chi connectivity index (χ1) is 21.9. The van der Waals surface area contributed by atoms with Gasteiger partial charge in [0.15, 0.2) is 5.60 Å². The number of rotatable bonds is 5. The van der Waals surface area contributed by atoms with E-state index in [-0.39, 0.29) is 0 Å². The van der Waals surface area contributed by atoms with Crippen LogP contribution >= 0.6 is 0 Å². The highest BCUT2D eigenvalue weighted by Crippen LogP contribution is 2.57. The fourth-order valence-corrected chi connectivity index (χ4v) is 7.14. The van der Waals surface area contributed by atoms with E-state index in [1.54, 1.807) is 14.2 Å². The second-order valence-electron chi connectivity index (χ2n) is 11.9. The number of hydrogen-bond donors (Lipinski definition) is 1. The Kier molecular flexibility index (Phi) is 6.12. The van der Waals surface area contributed by atoms with Crippen molar-refractivity contribution in [3.05, 3.63) is 155 Å². The summed E-state index contributed by atoms with van der Waals surface area (Å²) in [6.07, 6.45) is 4.25. The molecule has 0 radical (unpaired) electrons. The SMILES string of the molecule is COc1ccc(C2(c3ccc(OC)cc3)C=Cc3c4c(c5ccccc5c3O2)-c2ccc(-c3ccccc3)cc2C4(C)O)cc1. The molecule has 6 aromatic carbocycles. The van der Waals surface area contributed by atoms with Crippen LogP contribution in [0.5, 0.6) is 17.2 Å². The van der Waals surface area contributed by atoms with Crippen LogP contribution in [-0.2, 0) is 11.2 Å². The molecule has 1 aliphatic heterocycles. The molecule has 45 heavy (non-hydrogen) atoms. The first kappa shape index (κ1) is 27.2. The van der Waals surface area contributed by atoms with E-state index in [1.807, 2.05) is 79.7 Å². The van der Waals surface area contributed by atoms with Gasteiger partial charge in [0.2, 0.25) is 0 Å². The molecule has 0 aromatic heterocycles. The second kappa shape index (κ2) is 10.1. The maximum atomic E-state index is 12.4. The van der Waals surface area contributed by atoms with E-state index in [0.717, 1.165) is 78.1 Å². The molecule has 6 aromatic rings. The van der Waals surface area contributed by atoms with Crippen LogP contribution in [0.3, 0.4) is 0 Å². The summed E-state index contributed by atoms with van der Waals surface area (Å²) in [5, 5.41) is 14.5. The Bertz CT molecular complexity index is 2060. The fourth-order valence-electron chi connectivity index (χ4n) is 7.14. The summed E-state index contributed by atoms with van der Waals surface area (Å²) in [6, 6.07) is 41.1. The lowest BCUT2D eigenvalue weighted by atomic mass is 9.80. The second-order valence-corrected chi connectivity index (χ2v) is 11.9.